The monoisotopic (exact) mass is 259 g/mol. The first-order valence-corrected chi connectivity index (χ1v) is 7.75. The number of fused-ring (bicyclic) bond motifs is 1. The van der Waals surface area contributed by atoms with E-state index in [4.69, 9.17) is 5.73 Å². The smallest absolute Gasteiger partial charge is 0.0450 e. The first-order chi connectivity index (χ1) is 8.61. The molecule has 1 fully saturated rings. The average Bonchev–Trinajstić information content (AvgIpc) is 2.82. The molecular formula is C16H21NS. The normalized spacial score (nSPS) is 32.8. The van der Waals surface area contributed by atoms with Crippen LogP contribution in [0.5, 0.6) is 0 Å². The highest BCUT2D eigenvalue weighted by Gasteiger charge is 2.39. The van der Waals surface area contributed by atoms with Crippen LogP contribution in [-0.2, 0) is 5.54 Å². The van der Waals surface area contributed by atoms with E-state index in [-0.39, 0.29) is 5.54 Å². The maximum atomic E-state index is 6.82. The van der Waals surface area contributed by atoms with Gasteiger partial charge in [0.05, 0.1) is 0 Å². The van der Waals surface area contributed by atoms with Crippen LogP contribution in [0.1, 0.15) is 38.7 Å². The van der Waals surface area contributed by atoms with Crippen molar-refractivity contribution in [3.63, 3.8) is 0 Å². The molecule has 3 atom stereocenters. The molecule has 0 bridgehead atoms. The van der Waals surface area contributed by atoms with Gasteiger partial charge in [0.25, 0.3) is 0 Å². The fourth-order valence-corrected chi connectivity index (χ4v) is 4.43. The highest BCUT2D eigenvalue weighted by molar-refractivity contribution is 7.17. The van der Waals surface area contributed by atoms with Gasteiger partial charge in [0.1, 0.15) is 0 Å². The zero-order chi connectivity index (χ0) is 12.8. The third-order valence-electron chi connectivity index (χ3n) is 4.67. The molecule has 18 heavy (non-hydrogen) atoms. The van der Waals surface area contributed by atoms with E-state index in [0.29, 0.717) is 5.92 Å². The second kappa shape index (κ2) is 4.36. The van der Waals surface area contributed by atoms with Gasteiger partial charge < -0.3 is 5.73 Å². The van der Waals surface area contributed by atoms with Crippen LogP contribution in [0.2, 0.25) is 0 Å². The van der Waals surface area contributed by atoms with E-state index < -0.39 is 0 Å². The third kappa shape index (κ3) is 1.79. The van der Waals surface area contributed by atoms with Crippen LogP contribution in [0.4, 0.5) is 0 Å². The Kier molecular flexibility index (Phi) is 2.95. The lowest BCUT2D eigenvalue weighted by Gasteiger charge is -2.42. The average molecular weight is 259 g/mol. The van der Waals surface area contributed by atoms with E-state index in [1.807, 2.05) is 11.3 Å². The van der Waals surface area contributed by atoms with E-state index in [1.165, 1.54) is 28.5 Å². The summed E-state index contributed by atoms with van der Waals surface area (Å²) in [7, 11) is 0. The number of benzene rings is 1. The SMILES string of the molecule is CC1CCC(N)(c2cccc3ccsc23)C(C)C1. The zero-order valence-electron chi connectivity index (χ0n) is 11.1. The largest absolute Gasteiger partial charge is 0.321 e. The van der Waals surface area contributed by atoms with Crippen LogP contribution in [-0.4, -0.2) is 0 Å². The summed E-state index contributed by atoms with van der Waals surface area (Å²) in [5.41, 5.74) is 8.06. The first kappa shape index (κ1) is 12.2. The molecule has 1 aliphatic rings. The van der Waals surface area contributed by atoms with Gasteiger partial charge in [-0.15, -0.1) is 11.3 Å². The van der Waals surface area contributed by atoms with E-state index in [1.54, 1.807) is 0 Å². The molecule has 1 heterocycles. The summed E-state index contributed by atoms with van der Waals surface area (Å²) >= 11 is 1.83. The number of thiophene rings is 1. The van der Waals surface area contributed by atoms with Gasteiger partial charge in [0, 0.05) is 10.2 Å². The Morgan fingerprint density at radius 2 is 2.11 bits per heavy atom. The molecule has 1 nitrogen and oxygen atoms in total. The third-order valence-corrected chi connectivity index (χ3v) is 5.63. The molecule has 96 valence electrons. The quantitative estimate of drug-likeness (QED) is 0.801. The number of hydrogen-bond donors (Lipinski definition) is 1. The fraction of sp³-hybridized carbons (Fsp3) is 0.500. The second-order valence-corrected chi connectivity index (χ2v) is 6.88. The lowest BCUT2D eigenvalue weighted by molar-refractivity contribution is 0.166. The molecule has 3 unspecified atom stereocenters. The standard InChI is InChI=1S/C16H21NS/c1-11-6-8-16(17,12(2)10-11)14-5-3-4-13-7-9-18-15(13)14/h3-5,7,9,11-12H,6,8,10,17H2,1-2H3. The molecule has 2 heteroatoms. The minimum atomic E-state index is -0.128. The van der Waals surface area contributed by atoms with Crippen LogP contribution >= 0.6 is 11.3 Å². The van der Waals surface area contributed by atoms with Gasteiger partial charge in [-0.1, -0.05) is 32.0 Å². The number of nitrogens with two attached hydrogens (primary N) is 1. The summed E-state index contributed by atoms with van der Waals surface area (Å²) in [5, 5.41) is 3.52. The lowest BCUT2D eigenvalue weighted by atomic mass is 9.67. The molecule has 0 radical (unpaired) electrons. The van der Waals surface area contributed by atoms with Gasteiger partial charge in [0.15, 0.2) is 0 Å². The van der Waals surface area contributed by atoms with Crippen molar-refractivity contribution in [2.45, 2.75) is 38.6 Å². The van der Waals surface area contributed by atoms with Gasteiger partial charge in [-0.3, -0.25) is 0 Å². The predicted molar refractivity (Wildman–Crippen MR) is 79.9 cm³/mol. The minimum absolute atomic E-state index is 0.128. The Hall–Kier alpha value is -0.860. The van der Waals surface area contributed by atoms with Crippen LogP contribution in [0.3, 0.4) is 0 Å². The molecule has 0 spiro atoms. The van der Waals surface area contributed by atoms with Crippen LogP contribution in [0, 0.1) is 11.8 Å². The van der Waals surface area contributed by atoms with Crippen molar-refractivity contribution in [3.8, 4) is 0 Å². The molecule has 0 aliphatic heterocycles. The highest BCUT2D eigenvalue weighted by Crippen LogP contribution is 2.44. The van der Waals surface area contributed by atoms with E-state index in [0.717, 1.165) is 12.3 Å². The summed E-state index contributed by atoms with van der Waals surface area (Å²) in [6, 6.07) is 8.78. The zero-order valence-corrected chi connectivity index (χ0v) is 12.0. The number of hydrogen-bond acceptors (Lipinski definition) is 2. The molecule has 2 aromatic rings. The van der Waals surface area contributed by atoms with Crippen molar-refractivity contribution in [3.05, 3.63) is 35.2 Å². The molecule has 0 amide bonds. The molecule has 1 saturated carbocycles. The Labute approximate surface area is 113 Å². The molecule has 3 rings (SSSR count). The molecule has 1 aliphatic carbocycles. The van der Waals surface area contributed by atoms with E-state index in [2.05, 4.69) is 43.5 Å². The van der Waals surface area contributed by atoms with Crippen molar-refractivity contribution in [2.75, 3.05) is 0 Å². The van der Waals surface area contributed by atoms with Gasteiger partial charge >= 0.3 is 0 Å². The summed E-state index contributed by atoms with van der Waals surface area (Å²) in [6.45, 7) is 4.67. The van der Waals surface area contributed by atoms with Crippen molar-refractivity contribution in [1.82, 2.24) is 0 Å². The maximum absolute atomic E-state index is 6.82. The summed E-state index contributed by atoms with van der Waals surface area (Å²) in [5.74, 6) is 1.38. The molecular weight excluding hydrogens is 238 g/mol. The molecule has 0 saturated heterocycles. The van der Waals surface area contributed by atoms with Crippen molar-refractivity contribution in [2.24, 2.45) is 17.6 Å². The molecule has 1 aromatic carbocycles. The van der Waals surface area contributed by atoms with E-state index in [9.17, 15) is 0 Å². The van der Waals surface area contributed by atoms with Crippen molar-refractivity contribution >= 4 is 21.4 Å². The highest BCUT2D eigenvalue weighted by atomic mass is 32.1. The predicted octanol–water partition coefficient (Wildman–Crippen LogP) is 4.51. The van der Waals surface area contributed by atoms with Crippen LogP contribution in [0.15, 0.2) is 29.6 Å². The van der Waals surface area contributed by atoms with Gasteiger partial charge in [0.2, 0.25) is 0 Å². The first-order valence-electron chi connectivity index (χ1n) is 6.87. The van der Waals surface area contributed by atoms with Gasteiger partial charge in [-0.25, -0.2) is 0 Å². The van der Waals surface area contributed by atoms with Crippen molar-refractivity contribution in [1.29, 1.82) is 0 Å². The van der Waals surface area contributed by atoms with Crippen molar-refractivity contribution < 1.29 is 0 Å². The lowest BCUT2D eigenvalue weighted by Crippen LogP contribution is -2.46. The second-order valence-electron chi connectivity index (χ2n) is 5.97. The van der Waals surface area contributed by atoms with Gasteiger partial charge in [-0.2, -0.15) is 0 Å². The van der Waals surface area contributed by atoms with Gasteiger partial charge in [-0.05, 0) is 53.5 Å². The fourth-order valence-electron chi connectivity index (χ4n) is 3.42. The summed E-state index contributed by atoms with van der Waals surface area (Å²) < 4.78 is 1.39. The minimum Gasteiger partial charge on any atom is -0.321 e. The summed E-state index contributed by atoms with van der Waals surface area (Å²) in [4.78, 5) is 0. The van der Waals surface area contributed by atoms with Crippen LogP contribution in [0.25, 0.3) is 10.1 Å². The Morgan fingerprint density at radius 3 is 2.89 bits per heavy atom. The molecule has 1 aromatic heterocycles. The Bertz CT molecular complexity index is 559. The van der Waals surface area contributed by atoms with Crippen LogP contribution < -0.4 is 5.73 Å². The topological polar surface area (TPSA) is 26.0 Å². The maximum Gasteiger partial charge on any atom is 0.0450 e. The van der Waals surface area contributed by atoms with E-state index >= 15 is 0 Å². The summed E-state index contributed by atoms with van der Waals surface area (Å²) in [6.07, 6.45) is 3.62. The Balaban J connectivity index is 2.10. The molecule has 2 N–H and O–H groups in total. The Morgan fingerprint density at radius 1 is 1.28 bits per heavy atom. The number of rotatable bonds is 1.